The van der Waals surface area contributed by atoms with E-state index in [1.165, 1.54) is 0 Å². The molecule has 0 aromatic heterocycles. The maximum absolute atomic E-state index is 12.2. The first kappa shape index (κ1) is 17.8. The Balaban J connectivity index is 1.52. The lowest BCUT2D eigenvalue weighted by Crippen LogP contribution is -2.48. The normalized spacial score (nSPS) is 23.4. The van der Waals surface area contributed by atoms with Gasteiger partial charge in [-0.3, -0.25) is 4.79 Å². The molecule has 2 aliphatic rings. The number of nitrogens with zero attached hydrogens (tertiary/aromatic N) is 1. The van der Waals surface area contributed by atoms with Gasteiger partial charge in [-0.05, 0) is 12.3 Å². The van der Waals surface area contributed by atoms with Gasteiger partial charge in [-0.25, -0.2) is 0 Å². The minimum absolute atomic E-state index is 0.0197. The highest BCUT2D eigenvalue weighted by Gasteiger charge is 2.26. The van der Waals surface area contributed by atoms with Crippen molar-refractivity contribution in [2.24, 2.45) is 5.92 Å². The number of hydrogen-bond acceptors (Lipinski definition) is 6. The molecule has 1 amide bonds. The zero-order valence-corrected chi connectivity index (χ0v) is 14.9. The van der Waals surface area contributed by atoms with E-state index in [4.69, 9.17) is 14.2 Å². The Kier molecular flexibility index (Phi) is 5.99. The van der Waals surface area contributed by atoms with Crippen LogP contribution in [-0.4, -0.2) is 65.6 Å². The Bertz CT molecular complexity index is 567. The number of carbonyl (C=O) groups is 1. The predicted octanol–water partition coefficient (Wildman–Crippen LogP) is 0.635. The summed E-state index contributed by atoms with van der Waals surface area (Å²) in [6, 6.07) is 5.91. The summed E-state index contributed by atoms with van der Waals surface area (Å²) in [5, 5.41) is 6.21. The Morgan fingerprint density at radius 3 is 2.72 bits per heavy atom. The number of ether oxygens (including phenoxy) is 3. The van der Waals surface area contributed by atoms with Gasteiger partial charge in [0.1, 0.15) is 17.6 Å². The number of morpholine rings is 1. The molecular weight excluding hydrogens is 322 g/mol. The largest absolute Gasteiger partial charge is 0.497 e. The van der Waals surface area contributed by atoms with Crippen LogP contribution in [0.5, 0.6) is 11.5 Å². The molecule has 2 atom stereocenters. The Hall–Kier alpha value is -1.99. The summed E-state index contributed by atoms with van der Waals surface area (Å²) < 4.78 is 16.2. The van der Waals surface area contributed by atoms with E-state index in [0.717, 1.165) is 43.2 Å². The summed E-state index contributed by atoms with van der Waals surface area (Å²) in [6.07, 6.45) is 0.678. The Morgan fingerprint density at radius 1 is 1.32 bits per heavy atom. The van der Waals surface area contributed by atoms with Crippen LogP contribution in [0.25, 0.3) is 0 Å². The second-order valence-electron chi connectivity index (χ2n) is 6.48. The van der Waals surface area contributed by atoms with Crippen LogP contribution < -0.4 is 25.0 Å². The van der Waals surface area contributed by atoms with Crippen LogP contribution in [0.1, 0.15) is 6.42 Å². The van der Waals surface area contributed by atoms with Crippen molar-refractivity contribution >= 4 is 11.6 Å². The SMILES string of the molecule is COc1cc(OC)cc(N2CCC(CNC(=O)C3CNCCO3)C2)c1. The number of carbonyl (C=O) groups excluding carboxylic acids is 1. The number of benzene rings is 1. The smallest absolute Gasteiger partial charge is 0.250 e. The number of nitrogens with one attached hydrogen (secondary N) is 2. The minimum atomic E-state index is -0.367. The molecule has 2 unspecified atom stereocenters. The second kappa shape index (κ2) is 8.40. The highest BCUT2D eigenvalue weighted by Crippen LogP contribution is 2.31. The zero-order valence-electron chi connectivity index (χ0n) is 14.9. The summed E-state index contributed by atoms with van der Waals surface area (Å²) in [6.45, 7) is 4.53. The molecule has 2 saturated heterocycles. The van der Waals surface area contributed by atoms with E-state index < -0.39 is 0 Å². The maximum atomic E-state index is 12.2. The van der Waals surface area contributed by atoms with Gasteiger partial charge >= 0.3 is 0 Å². The molecule has 3 rings (SSSR count). The lowest BCUT2D eigenvalue weighted by atomic mass is 10.1. The van der Waals surface area contributed by atoms with Gasteiger partial charge < -0.3 is 29.7 Å². The summed E-state index contributed by atoms with van der Waals surface area (Å²) >= 11 is 0. The van der Waals surface area contributed by atoms with E-state index in [2.05, 4.69) is 15.5 Å². The topological polar surface area (TPSA) is 72.1 Å². The van der Waals surface area contributed by atoms with E-state index in [-0.39, 0.29) is 12.0 Å². The van der Waals surface area contributed by atoms with Crippen molar-refractivity contribution in [3.8, 4) is 11.5 Å². The molecule has 7 nitrogen and oxygen atoms in total. The number of amides is 1. The van der Waals surface area contributed by atoms with Crippen LogP contribution in [0.2, 0.25) is 0 Å². The molecule has 2 N–H and O–H groups in total. The molecule has 7 heteroatoms. The van der Waals surface area contributed by atoms with Gasteiger partial charge in [0.05, 0.1) is 20.8 Å². The van der Waals surface area contributed by atoms with Gasteiger partial charge in [0.15, 0.2) is 0 Å². The molecule has 25 heavy (non-hydrogen) atoms. The predicted molar refractivity (Wildman–Crippen MR) is 95.5 cm³/mol. The van der Waals surface area contributed by atoms with Gasteiger partial charge in [0, 0.05) is 56.6 Å². The standard InChI is InChI=1S/C18H27N3O4/c1-23-15-7-14(8-16(9-15)24-2)21-5-3-13(12-21)10-20-18(22)17-11-19-4-6-25-17/h7-9,13,17,19H,3-6,10-12H2,1-2H3,(H,20,22). The van der Waals surface area contributed by atoms with E-state index in [1.54, 1.807) is 14.2 Å². The molecule has 0 radical (unpaired) electrons. The van der Waals surface area contributed by atoms with Crippen LogP contribution in [0.4, 0.5) is 5.69 Å². The monoisotopic (exact) mass is 349 g/mol. The second-order valence-corrected chi connectivity index (χ2v) is 6.48. The third-order valence-corrected chi connectivity index (χ3v) is 4.77. The molecular formula is C18H27N3O4. The molecule has 0 bridgehead atoms. The molecule has 1 aromatic carbocycles. The molecule has 2 heterocycles. The van der Waals surface area contributed by atoms with Crippen LogP contribution in [-0.2, 0) is 9.53 Å². The first-order chi connectivity index (χ1) is 12.2. The van der Waals surface area contributed by atoms with Crippen LogP contribution in [0, 0.1) is 5.92 Å². The average Bonchev–Trinajstić information content (AvgIpc) is 3.15. The fourth-order valence-electron chi connectivity index (χ4n) is 3.30. The highest BCUT2D eigenvalue weighted by molar-refractivity contribution is 5.81. The lowest BCUT2D eigenvalue weighted by molar-refractivity contribution is -0.134. The number of methoxy groups -OCH3 is 2. The van der Waals surface area contributed by atoms with E-state index in [9.17, 15) is 4.79 Å². The van der Waals surface area contributed by atoms with Crippen molar-refractivity contribution in [1.29, 1.82) is 0 Å². The average molecular weight is 349 g/mol. The molecule has 138 valence electrons. The third-order valence-electron chi connectivity index (χ3n) is 4.77. The van der Waals surface area contributed by atoms with Crippen molar-refractivity contribution in [2.45, 2.75) is 12.5 Å². The Morgan fingerprint density at radius 2 is 2.08 bits per heavy atom. The minimum Gasteiger partial charge on any atom is -0.497 e. The molecule has 0 spiro atoms. The van der Waals surface area contributed by atoms with E-state index in [1.807, 2.05) is 18.2 Å². The van der Waals surface area contributed by atoms with Gasteiger partial charge in [-0.1, -0.05) is 0 Å². The summed E-state index contributed by atoms with van der Waals surface area (Å²) in [5.74, 6) is 1.98. The third kappa shape index (κ3) is 4.55. The van der Waals surface area contributed by atoms with E-state index >= 15 is 0 Å². The van der Waals surface area contributed by atoms with Gasteiger partial charge in [-0.15, -0.1) is 0 Å². The number of anilines is 1. The van der Waals surface area contributed by atoms with Crippen molar-refractivity contribution < 1.29 is 19.0 Å². The molecule has 2 aliphatic heterocycles. The number of hydrogen-bond donors (Lipinski definition) is 2. The van der Waals surface area contributed by atoms with Gasteiger partial charge in [-0.2, -0.15) is 0 Å². The maximum Gasteiger partial charge on any atom is 0.250 e. The van der Waals surface area contributed by atoms with Crippen molar-refractivity contribution in [3.63, 3.8) is 0 Å². The first-order valence-corrected chi connectivity index (χ1v) is 8.77. The van der Waals surface area contributed by atoms with Crippen molar-refractivity contribution in [1.82, 2.24) is 10.6 Å². The molecule has 0 aliphatic carbocycles. The number of rotatable bonds is 6. The van der Waals surface area contributed by atoms with Crippen LogP contribution in [0.3, 0.4) is 0 Å². The van der Waals surface area contributed by atoms with Crippen LogP contribution in [0.15, 0.2) is 18.2 Å². The van der Waals surface area contributed by atoms with Crippen molar-refractivity contribution in [2.75, 3.05) is 58.5 Å². The first-order valence-electron chi connectivity index (χ1n) is 8.77. The highest BCUT2D eigenvalue weighted by atomic mass is 16.5. The van der Waals surface area contributed by atoms with Crippen molar-refractivity contribution in [3.05, 3.63) is 18.2 Å². The lowest BCUT2D eigenvalue weighted by Gasteiger charge is -2.24. The summed E-state index contributed by atoms with van der Waals surface area (Å²) in [4.78, 5) is 14.5. The summed E-state index contributed by atoms with van der Waals surface area (Å²) in [7, 11) is 3.31. The molecule has 2 fully saturated rings. The summed E-state index contributed by atoms with van der Waals surface area (Å²) in [5.41, 5.74) is 1.09. The van der Waals surface area contributed by atoms with E-state index in [0.29, 0.717) is 25.6 Å². The zero-order chi connectivity index (χ0) is 17.6. The quantitative estimate of drug-likeness (QED) is 0.785. The fourth-order valence-corrected chi connectivity index (χ4v) is 3.30. The van der Waals surface area contributed by atoms with Gasteiger partial charge in [0.2, 0.25) is 5.91 Å². The molecule has 1 aromatic rings. The van der Waals surface area contributed by atoms with Gasteiger partial charge in [0.25, 0.3) is 0 Å². The fraction of sp³-hybridized carbons (Fsp3) is 0.611. The molecule has 0 saturated carbocycles. The Labute approximate surface area is 148 Å². The van der Waals surface area contributed by atoms with Crippen LogP contribution >= 0.6 is 0 Å².